The minimum absolute atomic E-state index is 0.294. The molecule has 2 aliphatic heterocycles. The fourth-order valence-electron chi connectivity index (χ4n) is 3.81. The number of fused-ring (bicyclic) bond motifs is 1. The second kappa shape index (κ2) is 6.61. The summed E-state index contributed by atoms with van der Waals surface area (Å²) in [6, 6.07) is 19.5. The first-order valence-electron chi connectivity index (χ1n) is 8.83. The van der Waals surface area contributed by atoms with Crippen molar-refractivity contribution in [2.24, 2.45) is 5.92 Å². The van der Waals surface area contributed by atoms with E-state index in [-0.39, 0.29) is 11.8 Å². The van der Waals surface area contributed by atoms with Crippen LogP contribution in [-0.4, -0.2) is 17.9 Å². The van der Waals surface area contributed by atoms with Crippen LogP contribution in [0.1, 0.15) is 11.8 Å². The molecule has 140 valence electrons. The summed E-state index contributed by atoms with van der Waals surface area (Å²) in [5.41, 5.74) is 1.29. The third-order valence-electron chi connectivity index (χ3n) is 5.05. The monoisotopic (exact) mass is 438 g/mol. The number of hydrogen-bond acceptors (Lipinski definition) is 5. The van der Waals surface area contributed by atoms with Crippen molar-refractivity contribution in [2.75, 3.05) is 9.96 Å². The third-order valence-corrected chi connectivity index (χ3v) is 5.57. The summed E-state index contributed by atoms with van der Waals surface area (Å²) in [4.78, 5) is 33.6. The van der Waals surface area contributed by atoms with E-state index in [0.717, 1.165) is 10.2 Å². The zero-order chi connectivity index (χ0) is 19.3. The van der Waals surface area contributed by atoms with Crippen LogP contribution in [-0.2, 0) is 14.4 Å². The van der Waals surface area contributed by atoms with Crippen molar-refractivity contribution in [2.45, 2.75) is 12.1 Å². The average Bonchev–Trinajstić information content (AvgIpc) is 3.42. The first-order chi connectivity index (χ1) is 13.6. The van der Waals surface area contributed by atoms with Gasteiger partial charge in [0.1, 0.15) is 17.7 Å². The van der Waals surface area contributed by atoms with E-state index in [4.69, 9.17) is 9.25 Å². The second-order valence-electron chi connectivity index (χ2n) is 6.66. The number of carbonyl (C=O) groups excluding carboxylic acids is 2. The molecule has 6 nitrogen and oxygen atoms in total. The number of amides is 2. The van der Waals surface area contributed by atoms with E-state index in [9.17, 15) is 9.59 Å². The maximum atomic E-state index is 13.3. The number of imide groups is 1. The number of benzene rings is 2. The van der Waals surface area contributed by atoms with Gasteiger partial charge in [-0.25, -0.2) is 9.96 Å². The Kier molecular flexibility index (Phi) is 4.07. The molecule has 2 aliphatic rings. The van der Waals surface area contributed by atoms with E-state index in [2.05, 4.69) is 15.9 Å². The van der Waals surface area contributed by atoms with Crippen molar-refractivity contribution < 1.29 is 18.8 Å². The molecule has 2 saturated heterocycles. The van der Waals surface area contributed by atoms with E-state index < -0.39 is 18.1 Å². The zero-order valence-corrected chi connectivity index (χ0v) is 16.2. The van der Waals surface area contributed by atoms with Gasteiger partial charge in [0.05, 0.1) is 17.6 Å². The number of hydroxylamine groups is 1. The molecule has 5 rings (SSSR count). The van der Waals surface area contributed by atoms with Crippen LogP contribution in [0.3, 0.4) is 0 Å². The Balaban J connectivity index is 1.56. The SMILES string of the molecule is O=C1[C@H]2[C@@H](c3ccco3)N(c3ccccc3)O[C@H]2C(=O)N1c1ccc(Br)cc1. The lowest BCUT2D eigenvalue weighted by atomic mass is 9.94. The van der Waals surface area contributed by atoms with Gasteiger partial charge in [0.25, 0.3) is 5.91 Å². The molecule has 0 spiro atoms. The lowest BCUT2D eigenvalue weighted by molar-refractivity contribution is -0.126. The second-order valence-corrected chi connectivity index (χ2v) is 7.58. The van der Waals surface area contributed by atoms with Gasteiger partial charge in [-0.2, -0.15) is 0 Å². The standard InChI is InChI=1S/C21H15BrN2O4/c22-13-8-10-14(11-9-13)23-20(25)17-18(16-7-4-12-27-16)24(28-19(17)21(23)26)15-5-2-1-3-6-15/h1-12,17-19H/t17-,18+,19+/m0/s1. The van der Waals surface area contributed by atoms with Crippen molar-refractivity contribution in [1.82, 2.24) is 0 Å². The summed E-state index contributed by atoms with van der Waals surface area (Å²) in [6.07, 6.45) is 0.658. The van der Waals surface area contributed by atoms with E-state index in [1.54, 1.807) is 47.7 Å². The molecular weight excluding hydrogens is 424 g/mol. The van der Waals surface area contributed by atoms with Gasteiger partial charge in [0.2, 0.25) is 5.91 Å². The predicted octanol–water partition coefficient (Wildman–Crippen LogP) is 4.09. The normalized spacial score (nSPS) is 24.1. The number of nitrogens with zero attached hydrogens (tertiary/aromatic N) is 2. The van der Waals surface area contributed by atoms with Crippen LogP contribution in [0.25, 0.3) is 0 Å². The molecule has 28 heavy (non-hydrogen) atoms. The third kappa shape index (κ3) is 2.58. The van der Waals surface area contributed by atoms with Crippen molar-refractivity contribution in [3.8, 4) is 0 Å². The fourth-order valence-corrected chi connectivity index (χ4v) is 4.07. The van der Waals surface area contributed by atoms with E-state index >= 15 is 0 Å². The van der Waals surface area contributed by atoms with Gasteiger partial charge in [-0.05, 0) is 48.5 Å². The number of furan rings is 1. The summed E-state index contributed by atoms with van der Waals surface area (Å²) in [5.74, 6) is -0.776. The summed E-state index contributed by atoms with van der Waals surface area (Å²) in [6.45, 7) is 0. The van der Waals surface area contributed by atoms with Gasteiger partial charge < -0.3 is 4.42 Å². The van der Waals surface area contributed by atoms with Crippen LogP contribution in [0.4, 0.5) is 11.4 Å². The fraction of sp³-hybridized carbons (Fsp3) is 0.143. The van der Waals surface area contributed by atoms with E-state index in [1.165, 1.54) is 4.90 Å². The van der Waals surface area contributed by atoms with Crippen molar-refractivity contribution in [3.05, 3.63) is 83.2 Å². The molecule has 0 bridgehead atoms. The molecule has 2 amide bonds. The van der Waals surface area contributed by atoms with Gasteiger partial charge in [-0.1, -0.05) is 34.1 Å². The topological polar surface area (TPSA) is 63.0 Å². The smallest absolute Gasteiger partial charge is 0.266 e. The van der Waals surface area contributed by atoms with Crippen LogP contribution in [0.15, 0.2) is 81.9 Å². The summed E-state index contributed by atoms with van der Waals surface area (Å²) in [7, 11) is 0. The highest BCUT2D eigenvalue weighted by Gasteiger charge is 2.61. The molecule has 2 aromatic carbocycles. The van der Waals surface area contributed by atoms with Gasteiger partial charge in [-0.3, -0.25) is 14.4 Å². The maximum absolute atomic E-state index is 13.3. The average molecular weight is 439 g/mol. The lowest BCUT2D eigenvalue weighted by Crippen LogP contribution is -2.37. The van der Waals surface area contributed by atoms with Crippen LogP contribution < -0.4 is 9.96 Å². The highest BCUT2D eigenvalue weighted by atomic mass is 79.9. The molecule has 0 radical (unpaired) electrons. The van der Waals surface area contributed by atoms with E-state index in [0.29, 0.717) is 11.4 Å². The Morgan fingerprint density at radius 1 is 0.821 bits per heavy atom. The van der Waals surface area contributed by atoms with Crippen molar-refractivity contribution >= 4 is 39.1 Å². The van der Waals surface area contributed by atoms with Crippen LogP contribution >= 0.6 is 15.9 Å². The number of hydrogen-bond donors (Lipinski definition) is 0. The highest BCUT2D eigenvalue weighted by molar-refractivity contribution is 9.10. The van der Waals surface area contributed by atoms with Crippen LogP contribution in [0.2, 0.25) is 0 Å². The lowest BCUT2D eigenvalue weighted by Gasteiger charge is -2.27. The zero-order valence-electron chi connectivity index (χ0n) is 14.6. The molecule has 3 atom stereocenters. The highest BCUT2D eigenvalue weighted by Crippen LogP contribution is 2.47. The maximum Gasteiger partial charge on any atom is 0.266 e. The number of carbonyl (C=O) groups is 2. The van der Waals surface area contributed by atoms with Gasteiger partial charge in [0, 0.05) is 4.47 Å². The summed E-state index contributed by atoms with van der Waals surface area (Å²) in [5, 5.41) is 1.61. The summed E-state index contributed by atoms with van der Waals surface area (Å²) < 4.78 is 6.48. The minimum atomic E-state index is -0.897. The Morgan fingerprint density at radius 2 is 1.57 bits per heavy atom. The van der Waals surface area contributed by atoms with Crippen molar-refractivity contribution in [1.29, 1.82) is 0 Å². The number of anilines is 2. The van der Waals surface area contributed by atoms with Gasteiger partial charge in [0.15, 0.2) is 6.10 Å². The Labute approximate surface area is 169 Å². The van der Waals surface area contributed by atoms with E-state index in [1.807, 2.05) is 30.3 Å². The minimum Gasteiger partial charge on any atom is -0.467 e. The summed E-state index contributed by atoms with van der Waals surface area (Å²) >= 11 is 3.37. The quantitative estimate of drug-likeness (QED) is 0.576. The largest absolute Gasteiger partial charge is 0.467 e. The first-order valence-corrected chi connectivity index (χ1v) is 9.62. The Bertz CT molecular complexity index is 1020. The predicted molar refractivity (Wildman–Crippen MR) is 105 cm³/mol. The molecule has 3 heterocycles. The molecular formula is C21H15BrN2O4. The molecule has 1 aromatic heterocycles. The van der Waals surface area contributed by atoms with Gasteiger partial charge in [-0.15, -0.1) is 0 Å². The van der Waals surface area contributed by atoms with Crippen molar-refractivity contribution in [3.63, 3.8) is 0 Å². The molecule has 2 fully saturated rings. The molecule has 7 heteroatoms. The van der Waals surface area contributed by atoms with Gasteiger partial charge >= 0.3 is 0 Å². The van der Waals surface area contributed by atoms with Crippen LogP contribution in [0, 0.1) is 5.92 Å². The molecule has 3 aromatic rings. The first kappa shape index (κ1) is 17.2. The number of halogens is 1. The Morgan fingerprint density at radius 3 is 2.25 bits per heavy atom. The molecule has 0 aliphatic carbocycles. The number of para-hydroxylation sites is 1. The molecule has 0 saturated carbocycles. The molecule has 0 N–H and O–H groups in total. The number of rotatable bonds is 3. The molecule has 0 unspecified atom stereocenters. The van der Waals surface area contributed by atoms with Crippen LogP contribution in [0.5, 0.6) is 0 Å². The Hall–Kier alpha value is -2.90.